The molecule has 92 valence electrons. The van der Waals surface area contributed by atoms with E-state index in [2.05, 4.69) is 18.2 Å². The Morgan fingerprint density at radius 3 is 2.88 bits per heavy atom. The minimum absolute atomic E-state index is 0.544. The highest BCUT2D eigenvalue weighted by Gasteiger charge is 2.05. The van der Waals surface area contributed by atoms with Crippen molar-refractivity contribution in [3.8, 4) is 23.8 Å². The van der Waals surface area contributed by atoms with Crippen molar-refractivity contribution in [2.45, 2.75) is 19.9 Å². The van der Waals surface area contributed by atoms with Crippen LogP contribution < -0.4 is 14.8 Å². The van der Waals surface area contributed by atoms with Gasteiger partial charge in [-0.25, -0.2) is 0 Å². The standard InChI is InChI=1S/C14H19NO2/c1-4-6-9-17-14-8-7-13(16-3)10-12(14)11-15-5-2/h1,7-8,10,15H,5-6,9,11H2,2-3H3. The predicted molar refractivity (Wildman–Crippen MR) is 69.3 cm³/mol. The fourth-order valence-electron chi connectivity index (χ4n) is 1.44. The van der Waals surface area contributed by atoms with Crippen molar-refractivity contribution >= 4 is 0 Å². The van der Waals surface area contributed by atoms with Crippen LogP contribution in [0.1, 0.15) is 18.9 Å². The number of methoxy groups -OCH3 is 1. The fourth-order valence-corrected chi connectivity index (χ4v) is 1.44. The SMILES string of the molecule is C#CCCOc1ccc(OC)cc1CNCC. The molecule has 0 bridgehead atoms. The minimum atomic E-state index is 0.544. The molecule has 0 aromatic heterocycles. The number of benzene rings is 1. The summed E-state index contributed by atoms with van der Waals surface area (Å²) in [6.45, 7) is 4.29. The van der Waals surface area contributed by atoms with Crippen LogP contribution in [0.2, 0.25) is 0 Å². The average molecular weight is 233 g/mol. The van der Waals surface area contributed by atoms with Crippen LogP contribution in [0.4, 0.5) is 0 Å². The smallest absolute Gasteiger partial charge is 0.124 e. The lowest BCUT2D eigenvalue weighted by atomic mass is 10.2. The first-order valence-corrected chi connectivity index (χ1v) is 5.75. The van der Waals surface area contributed by atoms with Gasteiger partial charge in [0.1, 0.15) is 11.5 Å². The van der Waals surface area contributed by atoms with E-state index >= 15 is 0 Å². The molecule has 1 rings (SSSR count). The van der Waals surface area contributed by atoms with E-state index in [1.165, 1.54) is 0 Å². The van der Waals surface area contributed by atoms with Gasteiger partial charge in [0.15, 0.2) is 0 Å². The Labute approximate surface area is 103 Å². The van der Waals surface area contributed by atoms with Crippen molar-refractivity contribution in [3.05, 3.63) is 23.8 Å². The lowest BCUT2D eigenvalue weighted by molar-refractivity contribution is 0.321. The maximum absolute atomic E-state index is 5.64. The number of hydrogen-bond acceptors (Lipinski definition) is 3. The van der Waals surface area contributed by atoms with E-state index in [4.69, 9.17) is 15.9 Å². The molecule has 0 heterocycles. The number of ether oxygens (including phenoxy) is 2. The summed E-state index contributed by atoms with van der Waals surface area (Å²) < 4.78 is 10.8. The van der Waals surface area contributed by atoms with Crippen LogP contribution in [0.25, 0.3) is 0 Å². The second-order valence-electron chi connectivity index (χ2n) is 3.56. The monoisotopic (exact) mass is 233 g/mol. The Kier molecular flexibility index (Phi) is 5.98. The van der Waals surface area contributed by atoms with E-state index in [0.29, 0.717) is 13.0 Å². The van der Waals surface area contributed by atoms with Crippen LogP contribution in [-0.4, -0.2) is 20.3 Å². The van der Waals surface area contributed by atoms with Crippen LogP contribution in [0, 0.1) is 12.3 Å². The third kappa shape index (κ3) is 4.38. The van der Waals surface area contributed by atoms with Crippen LogP contribution >= 0.6 is 0 Å². The Morgan fingerprint density at radius 1 is 1.41 bits per heavy atom. The summed E-state index contributed by atoms with van der Waals surface area (Å²) in [6.07, 6.45) is 5.81. The Morgan fingerprint density at radius 2 is 2.24 bits per heavy atom. The van der Waals surface area contributed by atoms with Crippen molar-refractivity contribution < 1.29 is 9.47 Å². The van der Waals surface area contributed by atoms with Gasteiger partial charge >= 0.3 is 0 Å². The topological polar surface area (TPSA) is 30.5 Å². The lowest BCUT2D eigenvalue weighted by Crippen LogP contribution is -2.13. The maximum Gasteiger partial charge on any atom is 0.124 e. The first-order chi connectivity index (χ1) is 8.31. The maximum atomic E-state index is 5.64. The molecule has 0 fully saturated rings. The van der Waals surface area contributed by atoms with Gasteiger partial charge in [0.05, 0.1) is 13.7 Å². The number of rotatable bonds is 7. The van der Waals surface area contributed by atoms with Gasteiger partial charge < -0.3 is 14.8 Å². The molecule has 0 aliphatic rings. The van der Waals surface area contributed by atoms with Crippen LogP contribution in [0.15, 0.2) is 18.2 Å². The molecule has 1 aromatic carbocycles. The van der Waals surface area contributed by atoms with Gasteiger partial charge in [-0.3, -0.25) is 0 Å². The van der Waals surface area contributed by atoms with E-state index in [0.717, 1.165) is 30.2 Å². The molecule has 1 aromatic rings. The third-order valence-electron chi connectivity index (χ3n) is 2.34. The zero-order valence-corrected chi connectivity index (χ0v) is 10.5. The predicted octanol–water partition coefficient (Wildman–Crippen LogP) is 2.21. The molecule has 0 saturated carbocycles. The highest BCUT2D eigenvalue weighted by molar-refractivity contribution is 5.40. The zero-order valence-electron chi connectivity index (χ0n) is 10.5. The number of hydrogen-bond donors (Lipinski definition) is 1. The van der Waals surface area contributed by atoms with Crippen LogP contribution in [0.5, 0.6) is 11.5 Å². The Bertz CT molecular complexity index is 382. The molecule has 3 heteroatoms. The van der Waals surface area contributed by atoms with Gasteiger partial charge in [0.25, 0.3) is 0 Å². The summed E-state index contributed by atoms with van der Waals surface area (Å²) >= 11 is 0. The van der Waals surface area contributed by atoms with Crippen molar-refractivity contribution in [2.24, 2.45) is 0 Å². The number of nitrogens with one attached hydrogen (secondary N) is 1. The highest BCUT2D eigenvalue weighted by Crippen LogP contribution is 2.24. The molecule has 0 amide bonds. The first kappa shape index (κ1) is 13.4. The molecule has 0 saturated heterocycles. The molecule has 0 atom stereocenters. The first-order valence-electron chi connectivity index (χ1n) is 5.75. The van der Waals surface area contributed by atoms with Gasteiger partial charge in [-0.05, 0) is 24.7 Å². The molecule has 0 unspecified atom stereocenters. The summed E-state index contributed by atoms with van der Waals surface area (Å²) in [5, 5.41) is 3.27. The summed E-state index contributed by atoms with van der Waals surface area (Å²) in [5.74, 6) is 4.26. The molecular weight excluding hydrogens is 214 g/mol. The van der Waals surface area contributed by atoms with Gasteiger partial charge in [-0.15, -0.1) is 12.3 Å². The van der Waals surface area contributed by atoms with Gasteiger partial charge in [0, 0.05) is 18.5 Å². The minimum Gasteiger partial charge on any atom is -0.497 e. The molecule has 0 aliphatic carbocycles. The summed E-state index contributed by atoms with van der Waals surface area (Å²) in [5.41, 5.74) is 1.09. The van der Waals surface area contributed by atoms with E-state index < -0.39 is 0 Å². The summed E-state index contributed by atoms with van der Waals surface area (Å²) in [6, 6.07) is 5.79. The van der Waals surface area contributed by atoms with Gasteiger partial charge in [-0.1, -0.05) is 6.92 Å². The third-order valence-corrected chi connectivity index (χ3v) is 2.34. The highest BCUT2D eigenvalue weighted by atomic mass is 16.5. The quantitative estimate of drug-likeness (QED) is 0.578. The van der Waals surface area contributed by atoms with E-state index in [9.17, 15) is 0 Å². The average Bonchev–Trinajstić information content (AvgIpc) is 2.37. The normalized spacial score (nSPS) is 9.71. The zero-order chi connectivity index (χ0) is 12.5. The van der Waals surface area contributed by atoms with Gasteiger partial charge in [-0.2, -0.15) is 0 Å². The van der Waals surface area contributed by atoms with Crippen molar-refractivity contribution in [1.29, 1.82) is 0 Å². The molecule has 17 heavy (non-hydrogen) atoms. The number of terminal acetylenes is 1. The fraction of sp³-hybridized carbons (Fsp3) is 0.429. The Hall–Kier alpha value is -1.66. The van der Waals surface area contributed by atoms with Crippen molar-refractivity contribution in [3.63, 3.8) is 0 Å². The van der Waals surface area contributed by atoms with Crippen molar-refractivity contribution in [1.82, 2.24) is 5.32 Å². The molecule has 1 N–H and O–H groups in total. The van der Waals surface area contributed by atoms with E-state index in [1.54, 1.807) is 7.11 Å². The van der Waals surface area contributed by atoms with Crippen LogP contribution in [-0.2, 0) is 6.54 Å². The summed E-state index contributed by atoms with van der Waals surface area (Å²) in [4.78, 5) is 0. The molecule has 3 nitrogen and oxygen atoms in total. The van der Waals surface area contributed by atoms with Crippen LogP contribution in [0.3, 0.4) is 0 Å². The van der Waals surface area contributed by atoms with E-state index in [-0.39, 0.29) is 0 Å². The Balaban J connectivity index is 2.75. The molecule has 0 spiro atoms. The largest absolute Gasteiger partial charge is 0.497 e. The second-order valence-corrected chi connectivity index (χ2v) is 3.56. The van der Waals surface area contributed by atoms with Gasteiger partial charge in [0.2, 0.25) is 0 Å². The second kappa shape index (κ2) is 7.59. The summed E-state index contributed by atoms with van der Waals surface area (Å²) in [7, 11) is 1.66. The van der Waals surface area contributed by atoms with Crippen molar-refractivity contribution in [2.75, 3.05) is 20.3 Å². The molecule has 0 radical (unpaired) electrons. The lowest BCUT2D eigenvalue weighted by Gasteiger charge is -2.12. The molecule has 0 aliphatic heterocycles. The van der Waals surface area contributed by atoms with E-state index in [1.807, 2.05) is 18.2 Å². The molecular formula is C14H19NO2.